The molecule has 2 aromatic carbocycles. The van der Waals surface area contributed by atoms with Crippen molar-refractivity contribution in [3.63, 3.8) is 0 Å². The van der Waals surface area contributed by atoms with Gasteiger partial charge in [-0.2, -0.15) is 0 Å². The molecule has 28 heavy (non-hydrogen) atoms. The van der Waals surface area contributed by atoms with E-state index in [0.29, 0.717) is 0 Å². The van der Waals surface area contributed by atoms with Crippen LogP contribution in [0.3, 0.4) is 0 Å². The van der Waals surface area contributed by atoms with E-state index in [2.05, 4.69) is 33.2 Å². The third kappa shape index (κ3) is 7.30. The van der Waals surface area contributed by atoms with Gasteiger partial charge in [-0.15, -0.1) is 0 Å². The van der Waals surface area contributed by atoms with E-state index in [4.69, 9.17) is 0 Å². The van der Waals surface area contributed by atoms with E-state index in [1.807, 2.05) is 61.5 Å². The van der Waals surface area contributed by atoms with Crippen molar-refractivity contribution in [2.45, 2.75) is 38.3 Å². The highest BCUT2D eigenvalue weighted by atomic mass is 127. The maximum Gasteiger partial charge on any atom is 0.326 e. The van der Waals surface area contributed by atoms with E-state index in [-0.39, 0.29) is 31.2 Å². The number of carboxylic acids is 1. The van der Waals surface area contributed by atoms with Gasteiger partial charge in [-0.05, 0) is 52.8 Å². The molecule has 2 atom stereocenters. The fraction of sp³-hybridized carbons (Fsp3) is 0.286. The number of amides is 2. The summed E-state index contributed by atoms with van der Waals surface area (Å²) < 4.78 is 1.05. The Morgan fingerprint density at radius 3 is 2.07 bits per heavy atom. The van der Waals surface area contributed by atoms with Crippen LogP contribution in [0.1, 0.15) is 36.9 Å². The van der Waals surface area contributed by atoms with E-state index >= 15 is 0 Å². The van der Waals surface area contributed by atoms with Gasteiger partial charge in [0.1, 0.15) is 6.04 Å². The van der Waals surface area contributed by atoms with E-state index in [9.17, 15) is 19.5 Å². The van der Waals surface area contributed by atoms with Crippen molar-refractivity contribution in [1.29, 1.82) is 0 Å². The molecular weight excluding hydrogens is 471 g/mol. The number of nitrogens with one attached hydrogen (secondary N) is 2. The third-order valence-electron chi connectivity index (χ3n) is 4.24. The zero-order chi connectivity index (χ0) is 20.5. The zero-order valence-electron chi connectivity index (χ0n) is 15.5. The van der Waals surface area contributed by atoms with Gasteiger partial charge in [0, 0.05) is 22.8 Å². The number of hydrogen-bond donors (Lipinski definition) is 3. The SMILES string of the molecule is C[C@@H](NC(=O)CCC(=O)N[C@H](Cc1ccc(I)cc1)C(=O)O)c1ccccc1. The van der Waals surface area contributed by atoms with Crippen molar-refractivity contribution >= 4 is 40.4 Å². The standard InChI is InChI=1S/C21H23IN2O4/c1-14(16-5-3-2-4-6-16)23-19(25)11-12-20(26)24-18(21(27)28)13-15-7-9-17(22)10-8-15/h2-10,14,18H,11-13H2,1H3,(H,23,25)(H,24,26)(H,27,28)/t14-,18-/m1/s1. The van der Waals surface area contributed by atoms with Crippen LogP contribution in [0.4, 0.5) is 0 Å². The number of carbonyl (C=O) groups excluding carboxylic acids is 2. The van der Waals surface area contributed by atoms with Crippen LogP contribution >= 0.6 is 22.6 Å². The quantitative estimate of drug-likeness (QED) is 0.467. The van der Waals surface area contributed by atoms with Crippen LogP contribution in [0.25, 0.3) is 0 Å². The molecule has 0 spiro atoms. The number of aliphatic carboxylic acids is 1. The van der Waals surface area contributed by atoms with Crippen molar-refractivity contribution < 1.29 is 19.5 Å². The lowest BCUT2D eigenvalue weighted by molar-refractivity contribution is -0.141. The van der Waals surface area contributed by atoms with Crippen LogP contribution in [0.5, 0.6) is 0 Å². The van der Waals surface area contributed by atoms with Crippen LogP contribution in [-0.4, -0.2) is 28.9 Å². The highest BCUT2D eigenvalue weighted by Gasteiger charge is 2.21. The van der Waals surface area contributed by atoms with E-state index < -0.39 is 17.9 Å². The Morgan fingerprint density at radius 2 is 1.50 bits per heavy atom. The van der Waals surface area contributed by atoms with Crippen molar-refractivity contribution in [3.8, 4) is 0 Å². The lowest BCUT2D eigenvalue weighted by Gasteiger charge is -2.16. The molecule has 0 saturated carbocycles. The van der Waals surface area contributed by atoms with Gasteiger partial charge in [0.2, 0.25) is 11.8 Å². The van der Waals surface area contributed by atoms with Gasteiger partial charge in [0.05, 0.1) is 6.04 Å². The Hall–Kier alpha value is -2.42. The first-order chi connectivity index (χ1) is 13.3. The second-order valence-electron chi connectivity index (χ2n) is 6.49. The molecule has 0 aliphatic rings. The molecule has 0 aliphatic carbocycles. The molecule has 7 heteroatoms. The van der Waals surface area contributed by atoms with Gasteiger partial charge >= 0.3 is 5.97 Å². The predicted octanol–water partition coefficient (Wildman–Crippen LogP) is 3.06. The van der Waals surface area contributed by atoms with Crippen molar-refractivity contribution in [1.82, 2.24) is 10.6 Å². The average molecular weight is 494 g/mol. The summed E-state index contributed by atoms with van der Waals surface area (Å²) in [5, 5.41) is 14.7. The molecule has 0 bridgehead atoms. The van der Waals surface area contributed by atoms with Gasteiger partial charge in [-0.25, -0.2) is 4.79 Å². The minimum absolute atomic E-state index is 0.00111. The number of rotatable bonds is 9. The fourth-order valence-electron chi connectivity index (χ4n) is 2.69. The summed E-state index contributed by atoms with van der Waals surface area (Å²) in [6.07, 6.45) is 0.123. The molecule has 0 heterocycles. The average Bonchev–Trinajstić information content (AvgIpc) is 2.68. The molecule has 148 valence electrons. The largest absolute Gasteiger partial charge is 0.480 e. The number of halogens is 1. The Bertz CT molecular complexity index is 809. The van der Waals surface area contributed by atoms with Crippen LogP contribution in [0.15, 0.2) is 54.6 Å². The molecule has 0 unspecified atom stereocenters. The highest BCUT2D eigenvalue weighted by Crippen LogP contribution is 2.12. The summed E-state index contributed by atoms with van der Waals surface area (Å²) in [5.74, 6) is -1.81. The van der Waals surface area contributed by atoms with Gasteiger partial charge in [0.25, 0.3) is 0 Å². The van der Waals surface area contributed by atoms with Gasteiger partial charge < -0.3 is 15.7 Å². The van der Waals surface area contributed by atoms with Gasteiger partial charge in [0.15, 0.2) is 0 Å². The maximum atomic E-state index is 12.1. The minimum Gasteiger partial charge on any atom is -0.480 e. The normalized spacial score (nSPS) is 12.6. The molecule has 2 rings (SSSR count). The van der Waals surface area contributed by atoms with Crippen molar-refractivity contribution in [2.24, 2.45) is 0 Å². The number of carbonyl (C=O) groups is 3. The Balaban J connectivity index is 1.81. The monoisotopic (exact) mass is 494 g/mol. The zero-order valence-corrected chi connectivity index (χ0v) is 17.7. The van der Waals surface area contributed by atoms with Crippen molar-refractivity contribution in [3.05, 3.63) is 69.3 Å². The third-order valence-corrected chi connectivity index (χ3v) is 4.96. The van der Waals surface area contributed by atoms with Crippen LogP contribution in [-0.2, 0) is 20.8 Å². The molecule has 0 aromatic heterocycles. The molecular formula is C21H23IN2O4. The fourth-order valence-corrected chi connectivity index (χ4v) is 3.05. The molecule has 0 radical (unpaired) electrons. The van der Waals surface area contributed by atoms with Crippen LogP contribution < -0.4 is 10.6 Å². The molecule has 0 saturated heterocycles. The van der Waals surface area contributed by atoms with Crippen LogP contribution in [0, 0.1) is 3.57 Å². The maximum absolute atomic E-state index is 12.1. The van der Waals surface area contributed by atoms with Crippen LogP contribution in [0.2, 0.25) is 0 Å². The molecule has 6 nitrogen and oxygen atoms in total. The Labute approximate surface area is 177 Å². The first-order valence-electron chi connectivity index (χ1n) is 8.96. The Kier molecular flexibility index (Phi) is 8.43. The van der Waals surface area contributed by atoms with E-state index in [1.165, 1.54) is 0 Å². The summed E-state index contributed by atoms with van der Waals surface area (Å²) in [5.41, 5.74) is 1.80. The lowest BCUT2D eigenvalue weighted by atomic mass is 10.1. The van der Waals surface area contributed by atoms with E-state index in [1.54, 1.807) is 0 Å². The molecule has 0 aliphatic heterocycles. The molecule has 3 N–H and O–H groups in total. The first kappa shape index (κ1) is 21.9. The summed E-state index contributed by atoms with van der Waals surface area (Å²) in [7, 11) is 0. The first-order valence-corrected chi connectivity index (χ1v) is 10.0. The molecule has 0 fully saturated rings. The second kappa shape index (κ2) is 10.8. The summed E-state index contributed by atoms with van der Waals surface area (Å²) in [4.78, 5) is 35.6. The highest BCUT2D eigenvalue weighted by molar-refractivity contribution is 14.1. The smallest absolute Gasteiger partial charge is 0.326 e. The lowest BCUT2D eigenvalue weighted by Crippen LogP contribution is -2.42. The predicted molar refractivity (Wildman–Crippen MR) is 115 cm³/mol. The number of hydrogen-bond acceptors (Lipinski definition) is 3. The van der Waals surface area contributed by atoms with Gasteiger partial charge in [-0.3, -0.25) is 9.59 Å². The Morgan fingerprint density at radius 1 is 0.929 bits per heavy atom. The summed E-state index contributed by atoms with van der Waals surface area (Å²) in [6.45, 7) is 1.87. The molecule has 2 amide bonds. The molecule has 2 aromatic rings. The van der Waals surface area contributed by atoms with Crippen molar-refractivity contribution in [2.75, 3.05) is 0 Å². The van der Waals surface area contributed by atoms with E-state index in [0.717, 1.165) is 14.7 Å². The second-order valence-corrected chi connectivity index (χ2v) is 7.73. The van der Waals surface area contributed by atoms with Gasteiger partial charge in [-0.1, -0.05) is 42.5 Å². The number of carboxylic acid groups (broad SMARTS) is 1. The summed E-state index contributed by atoms with van der Waals surface area (Å²) in [6, 6.07) is 15.8. The topological polar surface area (TPSA) is 95.5 Å². The number of benzene rings is 2. The summed E-state index contributed by atoms with van der Waals surface area (Å²) >= 11 is 2.17. The minimum atomic E-state index is -1.10.